The predicted octanol–water partition coefficient (Wildman–Crippen LogP) is 15.5. The van der Waals surface area contributed by atoms with E-state index in [4.69, 9.17) is 9.72 Å². The summed E-state index contributed by atoms with van der Waals surface area (Å²) in [7, 11) is 0. The molecule has 12 rings (SSSR count). The topological polar surface area (TPSA) is 36.8 Å². The zero-order valence-corrected chi connectivity index (χ0v) is 40.7. The minimum absolute atomic E-state index is 0.0127. The highest BCUT2D eigenvalue weighted by Gasteiger charge is 2.41. The lowest BCUT2D eigenvalue weighted by Gasteiger charge is -2.43. The van der Waals surface area contributed by atoms with E-state index >= 15 is 0 Å². The van der Waals surface area contributed by atoms with Gasteiger partial charge in [0.25, 0.3) is 0 Å². The zero-order valence-electron chi connectivity index (χ0n) is 40.7. The summed E-state index contributed by atoms with van der Waals surface area (Å²) in [5.41, 5.74) is 16.1. The number of benzene rings is 6. The van der Waals surface area contributed by atoms with Gasteiger partial charge in [-0.05, 0) is 129 Å². The molecule has 6 aromatic carbocycles. The maximum atomic E-state index is 6.86. The van der Waals surface area contributed by atoms with Crippen LogP contribution in [0.15, 0.2) is 194 Å². The van der Waals surface area contributed by atoms with Gasteiger partial charge in [0.05, 0.1) is 22.4 Å². The largest absolute Gasteiger partial charge is 0.457 e. The molecule has 0 atom stereocenters. The standard InChI is InChI=1S/C62H58BN5O/c1-60(2,3)44-30-34-64-57(37-44)68-53-23-12-11-22-48(53)49-28-27-47(39-56(49)68)69-46-21-17-20-45(38-46)66-41-67(55-25-14-13-24-54(55)66)59-50(43-26-29-51-52(36-43)62(6,7)32-31-61(51,4)5)40-65-35-16-15-33-63(65)58(59)42-18-9-8-10-19-42/h8-30,33-40H,31-32,41H2,1-7H3. The van der Waals surface area contributed by atoms with Crippen LogP contribution in [0.25, 0.3) is 38.7 Å². The van der Waals surface area contributed by atoms with Crippen LogP contribution < -0.4 is 14.5 Å². The lowest BCUT2D eigenvalue weighted by atomic mass is 9.48. The Hall–Kier alpha value is -7.51. The fraction of sp³-hybridized carbons (Fsp3) is 0.210. The van der Waals surface area contributed by atoms with E-state index in [0.717, 1.165) is 51.5 Å². The lowest BCUT2D eigenvalue weighted by Crippen LogP contribution is -2.40. The first kappa shape index (κ1) is 42.8. The lowest BCUT2D eigenvalue weighted by molar-refractivity contribution is 0.332. The number of nitrogens with zero attached hydrogens (tertiary/aromatic N) is 5. The SMILES string of the molecule is CC(C)(C)c1ccnc(-n2c3ccccc3c3ccc(Oc4cccc(N5CN(C6=C(c7ccccc7)B7C=CC=CN7C=C6c6ccc7c(c6)C(C)(C)CCC7(C)C)c6ccccc65)c4)cc32)c1. The van der Waals surface area contributed by atoms with E-state index in [1.807, 2.05) is 6.20 Å². The second-order valence-electron chi connectivity index (χ2n) is 21.6. The van der Waals surface area contributed by atoms with Gasteiger partial charge in [-0.1, -0.05) is 145 Å². The van der Waals surface area contributed by atoms with Gasteiger partial charge in [0.2, 0.25) is 0 Å². The molecule has 7 heteroatoms. The van der Waals surface area contributed by atoms with Gasteiger partial charge in [-0.2, -0.15) is 0 Å². The fourth-order valence-corrected chi connectivity index (χ4v) is 11.3. The van der Waals surface area contributed by atoms with Gasteiger partial charge in [-0.25, -0.2) is 4.98 Å². The van der Waals surface area contributed by atoms with Gasteiger partial charge in [-0.3, -0.25) is 4.57 Å². The second kappa shape index (κ2) is 16.1. The van der Waals surface area contributed by atoms with E-state index in [2.05, 4.69) is 250 Å². The summed E-state index contributed by atoms with van der Waals surface area (Å²) in [6, 6.07) is 55.1. The van der Waals surface area contributed by atoms with Crippen molar-refractivity contribution in [2.24, 2.45) is 0 Å². The van der Waals surface area contributed by atoms with Crippen molar-refractivity contribution < 1.29 is 4.74 Å². The van der Waals surface area contributed by atoms with Crippen LogP contribution in [0, 0.1) is 0 Å². The summed E-state index contributed by atoms with van der Waals surface area (Å²) in [5, 5.41) is 2.35. The molecule has 6 nitrogen and oxygen atoms in total. The third-order valence-electron chi connectivity index (χ3n) is 15.2. The molecule has 1 aliphatic carbocycles. The van der Waals surface area contributed by atoms with Crippen LogP contribution in [-0.4, -0.2) is 27.9 Å². The van der Waals surface area contributed by atoms with Crippen LogP contribution >= 0.6 is 0 Å². The zero-order chi connectivity index (χ0) is 47.2. The molecule has 5 heterocycles. The average Bonchev–Trinajstić information content (AvgIpc) is 3.91. The first-order chi connectivity index (χ1) is 33.3. The quantitative estimate of drug-likeness (QED) is 0.149. The number of allylic oxidation sites excluding steroid dienone is 3. The molecule has 0 radical (unpaired) electrons. The van der Waals surface area contributed by atoms with Crippen LogP contribution in [0.2, 0.25) is 0 Å². The molecule has 0 saturated heterocycles. The molecule has 4 aliphatic rings. The third kappa shape index (κ3) is 7.29. The average molecular weight is 900 g/mol. The highest BCUT2D eigenvalue weighted by atomic mass is 16.5. The number of ether oxygens (including phenoxy) is 1. The highest BCUT2D eigenvalue weighted by molar-refractivity contribution is 6.82. The van der Waals surface area contributed by atoms with Gasteiger partial charge < -0.3 is 19.3 Å². The van der Waals surface area contributed by atoms with Crippen molar-refractivity contribution >= 4 is 56.8 Å². The number of hydrogen-bond acceptors (Lipinski definition) is 5. The van der Waals surface area contributed by atoms with Crippen molar-refractivity contribution in [1.82, 2.24) is 14.4 Å². The first-order valence-corrected chi connectivity index (χ1v) is 24.5. The Morgan fingerprint density at radius 1 is 0.609 bits per heavy atom. The first-order valence-electron chi connectivity index (χ1n) is 24.5. The minimum Gasteiger partial charge on any atom is -0.457 e. The summed E-state index contributed by atoms with van der Waals surface area (Å²) in [6.45, 7) is 17.1. The van der Waals surface area contributed by atoms with Crippen molar-refractivity contribution in [2.75, 3.05) is 16.5 Å². The van der Waals surface area contributed by atoms with E-state index in [1.54, 1.807) is 0 Å². The summed E-state index contributed by atoms with van der Waals surface area (Å²) in [5.74, 6) is 4.78. The summed E-state index contributed by atoms with van der Waals surface area (Å²) in [4.78, 5) is 12.3. The molecule has 3 aliphatic heterocycles. The van der Waals surface area contributed by atoms with E-state index in [-0.39, 0.29) is 23.1 Å². The van der Waals surface area contributed by atoms with Crippen molar-refractivity contribution in [3.63, 3.8) is 0 Å². The Labute approximate surface area is 407 Å². The monoisotopic (exact) mass is 899 g/mol. The van der Waals surface area contributed by atoms with Gasteiger partial charge in [0.1, 0.15) is 24.0 Å². The van der Waals surface area contributed by atoms with Crippen LogP contribution in [0.3, 0.4) is 0 Å². The van der Waals surface area contributed by atoms with Crippen LogP contribution in [-0.2, 0) is 16.2 Å². The summed E-state index contributed by atoms with van der Waals surface area (Å²) in [6.07, 6.45) is 13.2. The van der Waals surface area contributed by atoms with Crippen LogP contribution in [0.4, 0.5) is 17.1 Å². The van der Waals surface area contributed by atoms with Crippen molar-refractivity contribution in [3.05, 3.63) is 222 Å². The van der Waals surface area contributed by atoms with Gasteiger partial charge in [0.15, 0.2) is 0 Å². The Bertz CT molecular complexity index is 3480. The summed E-state index contributed by atoms with van der Waals surface area (Å²) < 4.78 is 9.13. The normalized spacial score (nSPS) is 17.1. The molecule has 0 spiro atoms. The van der Waals surface area contributed by atoms with Gasteiger partial charge >= 0.3 is 6.85 Å². The number of hydrogen-bond donors (Lipinski definition) is 0. The molecule has 0 N–H and O–H groups in total. The molecular weight excluding hydrogens is 842 g/mol. The van der Waals surface area contributed by atoms with Crippen molar-refractivity contribution in [3.8, 4) is 17.3 Å². The Morgan fingerprint density at radius 2 is 1.33 bits per heavy atom. The molecule has 0 saturated carbocycles. The fourth-order valence-electron chi connectivity index (χ4n) is 11.3. The van der Waals surface area contributed by atoms with E-state index in [0.29, 0.717) is 6.67 Å². The van der Waals surface area contributed by atoms with Gasteiger partial charge in [-0.15, -0.1) is 0 Å². The van der Waals surface area contributed by atoms with Crippen molar-refractivity contribution in [2.45, 2.75) is 77.6 Å². The molecular formula is C62H58BN5O. The molecule has 0 fully saturated rings. The summed E-state index contributed by atoms with van der Waals surface area (Å²) >= 11 is 0. The smallest absolute Gasteiger partial charge is 0.322 e. The molecule has 8 aromatic rings. The molecule has 0 unspecified atom stereocenters. The number of rotatable bonds is 7. The predicted molar refractivity (Wildman–Crippen MR) is 289 cm³/mol. The van der Waals surface area contributed by atoms with Crippen LogP contribution in [0.1, 0.15) is 89.1 Å². The Morgan fingerprint density at radius 3 is 2.14 bits per heavy atom. The Kier molecular flexibility index (Phi) is 9.96. The maximum Gasteiger partial charge on any atom is 0.322 e. The van der Waals surface area contributed by atoms with Crippen molar-refractivity contribution in [1.29, 1.82) is 0 Å². The number of para-hydroxylation sites is 3. The minimum atomic E-state index is -0.0127. The number of anilines is 3. The number of aromatic nitrogens is 2. The maximum absolute atomic E-state index is 6.86. The third-order valence-corrected chi connectivity index (χ3v) is 15.2. The number of pyridine rings is 1. The van der Waals surface area contributed by atoms with E-state index in [9.17, 15) is 0 Å². The van der Waals surface area contributed by atoms with E-state index < -0.39 is 0 Å². The molecule has 0 bridgehead atoms. The molecule has 69 heavy (non-hydrogen) atoms. The van der Waals surface area contributed by atoms with Gasteiger partial charge in [0, 0.05) is 52.3 Å². The molecule has 340 valence electrons. The van der Waals surface area contributed by atoms with Crippen LogP contribution in [0.5, 0.6) is 11.5 Å². The second-order valence-corrected chi connectivity index (χ2v) is 21.6. The number of fused-ring (bicyclic) bond motifs is 6. The van der Waals surface area contributed by atoms with E-state index in [1.165, 1.54) is 62.1 Å². The molecule has 2 aromatic heterocycles. The molecule has 0 amide bonds. The Balaban J connectivity index is 0.952. The highest BCUT2D eigenvalue weighted by Crippen LogP contribution is 2.51.